The first kappa shape index (κ1) is 19.9. The first-order valence-electron chi connectivity index (χ1n) is 8.49. The molecule has 0 fully saturated rings. The number of hydrogen-bond acceptors (Lipinski definition) is 3. The van der Waals surface area contributed by atoms with Gasteiger partial charge in [0.25, 0.3) is 0 Å². The summed E-state index contributed by atoms with van der Waals surface area (Å²) in [6.45, 7) is 0. The van der Waals surface area contributed by atoms with Crippen molar-refractivity contribution in [2.75, 3.05) is 12.4 Å². The fraction of sp³-hybridized carbons (Fsp3) is 0.0909. The van der Waals surface area contributed by atoms with Crippen LogP contribution in [-0.2, 0) is 16.0 Å². The lowest BCUT2D eigenvalue weighted by molar-refractivity contribution is -0.115. The normalized spacial score (nSPS) is 10.4. The molecule has 0 aromatic heterocycles. The minimum atomic E-state index is -0.527. The van der Waals surface area contributed by atoms with Crippen LogP contribution in [0.25, 0.3) is 11.1 Å². The summed E-state index contributed by atoms with van der Waals surface area (Å²) in [6.07, 6.45) is 0.0659. The molecule has 0 bridgehead atoms. The van der Waals surface area contributed by atoms with Crippen molar-refractivity contribution in [1.82, 2.24) is 0 Å². The van der Waals surface area contributed by atoms with Gasteiger partial charge in [0.1, 0.15) is 0 Å². The number of halogens is 2. The lowest BCUT2D eigenvalue weighted by Gasteiger charge is -2.12. The number of carbonyl (C=O) groups is 2. The van der Waals surface area contributed by atoms with Gasteiger partial charge in [-0.2, -0.15) is 0 Å². The van der Waals surface area contributed by atoms with Crippen LogP contribution in [0.2, 0.25) is 10.0 Å². The number of hydrogen-bond donors (Lipinski definition) is 1. The largest absolute Gasteiger partial charge is 0.465 e. The molecule has 0 heterocycles. The highest BCUT2D eigenvalue weighted by atomic mass is 35.5. The number of carbonyl (C=O) groups excluding carboxylic acids is 2. The van der Waals surface area contributed by atoms with E-state index in [4.69, 9.17) is 27.9 Å². The van der Waals surface area contributed by atoms with Crippen LogP contribution in [0.15, 0.2) is 66.7 Å². The molecule has 3 aromatic carbocycles. The number of amides is 1. The van der Waals surface area contributed by atoms with Gasteiger partial charge >= 0.3 is 5.97 Å². The minimum absolute atomic E-state index is 0.0659. The van der Waals surface area contributed by atoms with Gasteiger partial charge in [-0.25, -0.2) is 4.79 Å². The molecule has 0 unspecified atom stereocenters. The first-order valence-corrected chi connectivity index (χ1v) is 9.24. The average molecular weight is 414 g/mol. The molecule has 28 heavy (non-hydrogen) atoms. The topological polar surface area (TPSA) is 55.4 Å². The Morgan fingerprint density at radius 2 is 1.57 bits per heavy atom. The molecule has 1 N–H and O–H groups in total. The molecule has 0 aliphatic carbocycles. The first-order chi connectivity index (χ1) is 13.5. The Labute approximate surface area is 173 Å². The van der Waals surface area contributed by atoms with Crippen molar-refractivity contribution in [3.8, 4) is 11.1 Å². The van der Waals surface area contributed by atoms with E-state index in [0.717, 1.165) is 11.1 Å². The van der Waals surface area contributed by atoms with Gasteiger partial charge in [0.05, 0.1) is 24.8 Å². The van der Waals surface area contributed by atoms with Gasteiger partial charge in [-0.15, -0.1) is 0 Å². The van der Waals surface area contributed by atoms with E-state index in [9.17, 15) is 9.59 Å². The second-order valence-corrected chi connectivity index (χ2v) is 6.99. The van der Waals surface area contributed by atoms with Crippen molar-refractivity contribution < 1.29 is 14.3 Å². The zero-order chi connectivity index (χ0) is 20.1. The van der Waals surface area contributed by atoms with Crippen molar-refractivity contribution in [2.45, 2.75) is 6.42 Å². The Hall–Kier alpha value is -2.82. The minimum Gasteiger partial charge on any atom is -0.465 e. The molecular weight excluding hydrogens is 397 g/mol. The SMILES string of the molecule is COC(=O)c1ccc(-c2ccccc2)cc1NC(=O)Cc1cc(Cl)cc(Cl)c1. The number of benzene rings is 3. The Bertz CT molecular complexity index is 999. The smallest absolute Gasteiger partial charge is 0.339 e. The van der Waals surface area contributed by atoms with Crippen LogP contribution < -0.4 is 5.32 Å². The van der Waals surface area contributed by atoms with Crippen molar-refractivity contribution in [1.29, 1.82) is 0 Å². The monoisotopic (exact) mass is 413 g/mol. The maximum absolute atomic E-state index is 12.6. The molecule has 6 heteroatoms. The van der Waals surface area contributed by atoms with Crippen molar-refractivity contribution >= 4 is 40.8 Å². The van der Waals surface area contributed by atoms with E-state index >= 15 is 0 Å². The van der Waals surface area contributed by atoms with E-state index in [2.05, 4.69) is 5.32 Å². The van der Waals surface area contributed by atoms with Crippen LogP contribution in [0, 0.1) is 0 Å². The van der Waals surface area contributed by atoms with Gasteiger partial charge in [-0.1, -0.05) is 59.6 Å². The van der Waals surface area contributed by atoms with Crippen LogP contribution in [0.3, 0.4) is 0 Å². The Kier molecular flexibility index (Phi) is 6.34. The zero-order valence-corrected chi connectivity index (χ0v) is 16.6. The summed E-state index contributed by atoms with van der Waals surface area (Å²) in [7, 11) is 1.30. The highest BCUT2D eigenvalue weighted by Crippen LogP contribution is 2.27. The molecule has 4 nitrogen and oxygen atoms in total. The van der Waals surface area contributed by atoms with E-state index in [1.54, 1.807) is 30.3 Å². The number of anilines is 1. The molecule has 0 aliphatic rings. The molecule has 3 aromatic rings. The fourth-order valence-corrected chi connectivity index (χ4v) is 3.41. The lowest BCUT2D eigenvalue weighted by atomic mass is 10.0. The molecule has 3 rings (SSSR count). The number of nitrogens with one attached hydrogen (secondary N) is 1. The van der Waals surface area contributed by atoms with Gasteiger partial charge in [0, 0.05) is 10.0 Å². The Morgan fingerprint density at radius 1 is 0.893 bits per heavy atom. The average Bonchev–Trinajstić information content (AvgIpc) is 2.67. The van der Waals surface area contributed by atoms with Crippen LogP contribution in [0.1, 0.15) is 15.9 Å². The van der Waals surface area contributed by atoms with Crippen LogP contribution in [0.4, 0.5) is 5.69 Å². The van der Waals surface area contributed by atoms with E-state index in [1.165, 1.54) is 7.11 Å². The second-order valence-electron chi connectivity index (χ2n) is 6.12. The summed E-state index contributed by atoms with van der Waals surface area (Å²) >= 11 is 12.0. The van der Waals surface area contributed by atoms with E-state index < -0.39 is 5.97 Å². The summed E-state index contributed by atoms with van der Waals surface area (Å²) in [5.41, 5.74) is 3.17. The van der Waals surface area contributed by atoms with Gasteiger partial charge in [0.2, 0.25) is 5.91 Å². The lowest BCUT2D eigenvalue weighted by Crippen LogP contribution is -2.17. The molecule has 0 saturated carbocycles. The van der Waals surface area contributed by atoms with E-state index in [-0.39, 0.29) is 17.9 Å². The molecule has 0 spiro atoms. The third-order valence-corrected chi connectivity index (χ3v) is 4.53. The predicted molar refractivity (Wildman–Crippen MR) is 112 cm³/mol. The molecule has 0 radical (unpaired) electrons. The van der Waals surface area contributed by atoms with E-state index in [0.29, 0.717) is 21.3 Å². The highest BCUT2D eigenvalue weighted by molar-refractivity contribution is 6.34. The maximum atomic E-state index is 12.6. The summed E-state index contributed by atoms with van der Waals surface area (Å²) < 4.78 is 4.83. The summed E-state index contributed by atoms with van der Waals surface area (Å²) in [6, 6.07) is 19.8. The Balaban J connectivity index is 1.89. The Morgan fingerprint density at radius 3 is 2.21 bits per heavy atom. The molecule has 1 amide bonds. The number of methoxy groups -OCH3 is 1. The standard InChI is InChI=1S/C22H17Cl2NO3/c1-28-22(27)19-8-7-16(15-5-3-2-4-6-15)12-20(19)25-21(26)11-14-9-17(23)13-18(24)10-14/h2-10,12-13H,11H2,1H3,(H,25,26). The van der Waals surface area contributed by atoms with Gasteiger partial charge in [-0.3, -0.25) is 4.79 Å². The summed E-state index contributed by atoms with van der Waals surface area (Å²) in [5.74, 6) is -0.825. The second kappa shape index (κ2) is 8.91. The third kappa shape index (κ3) is 4.91. The van der Waals surface area contributed by atoms with E-state index in [1.807, 2.05) is 36.4 Å². The quantitative estimate of drug-likeness (QED) is 0.551. The van der Waals surface area contributed by atoms with Gasteiger partial charge in [-0.05, 0) is 47.0 Å². The fourth-order valence-electron chi connectivity index (χ4n) is 2.84. The summed E-state index contributed by atoms with van der Waals surface area (Å²) in [4.78, 5) is 24.7. The van der Waals surface area contributed by atoms with Gasteiger partial charge < -0.3 is 10.1 Å². The van der Waals surface area contributed by atoms with Crippen LogP contribution in [-0.4, -0.2) is 19.0 Å². The van der Waals surface area contributed by atoms with Gasteiger partial charge in [0.15, 0.2) is 0 Å². The van der Waals surface area contributed by atoms with Crippen molar-refractivity contribution in [2.24, 2.45) is 0 Å². The highest BCUT2D eigenvalue weighted by Gasteiger charge is 2.16. The van der Waals surface area contributed by atoms with Crippen LogP contribution in [0.5, 0.6) is 0 Å². The van der Waals surface area contributed by atoms with Crippen molar-refractivity contribution in [3.63, 3.8) is 0 Å². The number of esters is 1. The molecule has 0 atom stereocenters. The third-order valence-electron chi connectivity index (χ3n) is 4.09. The molecule has 142 valence electrons. The van der Waals surface area contributed by atoms with Crippen LogP contribution >= 0.6 is 23.2 Å². The molecular formula is C22H17Cl2NO3. The molecule has 0 aliphatic heterocycles. The molecule has 0 saturated heterocycles. The maximum Gasteiger partial charge on any atom is 0.339 e. The predicted octanol–water partition coefficient (Wildman–Crippen LogP) is 5.63. The van der Waals surface area contributed by atoms with Crippen molar-refractivity contribution in [3.05, 3.63) is 87.9 Å². The zero-order valence-electron chi connectivity index (χ0n) is 15.0. The number of rotatable bonds is 5. The summed E-state index contributed by atoms with van der Waals surface area (Å²) in [5, 5.41) is 3.71. The number of ether oxygens (including phenoxy) is 1.